The molecule has 0 aromatic heterocycles. The Labute approximate surface area is 115 Å². The zero-order valence-electron chi connectivity index (χ0n) is 11.3. The smallest absolute Gasteiger partial charge is 0.106 e. The molecule has 0 saturated carbocycles. The summed E-state index contributed by atoms with van der Waals surface area (Å²) in [7, 11) is 0. The van der Waals surface area contributed by atoms with E-state index in [2.05, 4.69) is 37.8 Å². The van der Waals surface area contributed by atoms with Crippen molar-refractivity contribution in [2.75, 3.05) is 19.7 Å². The van der Waals surface area contributed by atoms with Crippen LogP contribution in [0.2, 0.25) is 0 Å². The van der Waals surface area contributed by atoms with E-state index in [1.54, 1.807) is 0 Å². The Morgan fingerprint density at radius 1 is 1.39 bits per heavy atom. The van der Waals surface area contributed by atoms with E-state index < -0.39 is 0 Å². The molecule has 0 bridgehead atoms. The van der Waals surface area contributed by atoms with Crippen LogP contribution in [0.5, 0.6) is 0 Å². The molecule has 18 heavy (non-hydrogen) atoms. The van der Waals surface area contributed by atoms with Crippen LogP contribution in [-0.2, 0) is 4.74 Å². The number of thiocarbonyl (C=S) groups is 1. The molecular weight excluding hydrogens is 242 g/mol. The number of aryl methyl sites for hydroxylation is 1. The molecule has 1 aliphatic heterocycles. The molecule has 2 rings (SSSR count). The van der Waals surface area contributed by atoms with Gasteiger partial charge in [0.25, 0.3) is 0 Å². The van der Waals surface area contributed by atoms with Gasteiger partial charge in [-0.1, -0.05) is 36.5 Å². The third-order valence-electron chi connectivity index (χ3n) is 3.53. The van der Waals surface area contributed by atoms with Crippen LogP contribution in [0.25, 0.3) is 0 Å². The number of hydrogen-bond acceptors (Lipinski definition) is 3. The summed E-state index contributed by atoms with van der Waals surface area (Å²) in [5.74, 6) is 0. The summed E-state index contributed by atoms with van der Waals surface area (Å²) in [5, 5.41) is 0. The quantitative estimate of drug-likeness (QED) is 0.614. The fourth-order valence-corrected chi connectivity index (χ4v) is 2.69. The summed E-state index contributed by atoms with van der Waals surface area (Å²) < 4.78 is 5.85. The van der Waals surface area contributed by atoms with Gasteiger partial charge in [-0.05, 0) is 31.9 Å². The lowest BCUT2D eigenvalue weighted by molar-refractivity contribution is -0.00423. The summed E-state index contributed by atoms with van der Waals surface area (Å²) in [5.41, 5.74) is 2.39. The minimum Gasteiger partial charge on any atom is -0.370 e. The predicted octanol–water partition coefficient (Wildman–Crippen LogP) is 2.82. The van der Waals surface area contributed by atoms with Gasteiger partial charge in [0, 0.05) is 19.1 Å². The van der Waals surface area contributed by atoms with Crippen molar-refractivity contribution in [3.05, 3.63) is 35.4 Å². The number of rotatable bonds is 3. The van der Waals surface area contributed by atoms with Gasteiger partial charge < -0.3 is 4.74 Å². The molecule has 98 valence electrons. The molecule has 1 aromatic rings. The Bertz CT molecular complexity index is 430. The number of hydrogen-bond donors (Lipinski definition) is 0. The number of ether oxygens (including phenoxy) is 1. The second-order valence-electron chi connectivity index (χ2n) is 5.13. The van der Waals surface area contributed by atoms with Crippen molar-refractivity contribution in [1.29, 1.82) is 0 Å². The van der Waals surface area contributed by atoms with Crippen molar-refractivity contribution in [2.24, 2.45) is 0 Å². The second kappa shape index (κ2) is 5.91. The highest BCUT2D eigenvalue weighted by Crippen LogP contribution is 2.17. The third kappa shape index (κ3) is 2.97. The van der Waals surface area contributed by atoms with E-state index in [0.29, 0.717) is 6.04 Å². The van der Waals surface area contributed by atoms with E-state index >= 15 is 0 Å². The maximum Gasteiger partial charge on any atom is 0.106 e. The zero-order valence-corrected chi connectivity index (χ0v) is 12.2. The molecule has 0 aliphatic carbocycles. The van der Waals surface area contributed by atoms with Crippen LogP contribution in [0.4, 0.5) is 0 Å². The normalized spacial score (nSPS) is 21.2. The molecule has 1 heterocycles. The van der Waals surface area contributed by atoms with Crippen LogP contribution in [0.1, 0.15) is 25.0 Å². The van der Waals surface area contributed by atoms with Crippen LogP contribution >= 0.6 is 12.2 Å². The summed E-state index contributed by atoms with van der Waals surface area (Å²) in [4.78, 5) is 3.37. The summed E-state index contributed by atoms with van der Waals surface area (Å²) in [6, 6.07) is 8.83. The second-order valence-corrected chi connectivity index (χ2v) is 5.57. The minimum absolute atomic E-state index is 0.0530. The monoisotopic (exact) mass is 263 g/mol. The lowest BCUT2D eigenvalue weighted by Crippen LogP contribution is -2.48. The van der Waals surface area contributed by atoms with Gasteiger partial charge in [-0.2, -0.15) is 0 Å². The van der Waals surface area contributed by atoms with Crippen LogP contribution in [0.3, 0.4) is 0 Å². The lowest BCUT2D eigenvalue weighted by atomic mass is 10.0. The highest BCUT2D eigenvalue weighted by atomic mass is 32.1. The maximum absolute atomic E-state index is 5.85. The zero-order chi connectivity index (χ0) is 13.1. The molecule has 1 aliphatic rings. The molecule has 1 atom stereocenters. The predicted molar refractivity (Wildman–Crippen MR) is 79.3 cm³/mol. The first-order valence-electron chi connectivity index (χ1n) is 6.55. The van der Waals surface area contributed by atoms with Gasteiger partial charge in [0.1, 0.15) is 6.10 Å². The van der Waals surface area contributed by atoms with E-state index in [1.165, 1.54) is 5.56 Å². The molecule has 0 radical (unpaired) electrons. The first-order valence-corrected chi connectivity index (χ1v) is 6.96. The van der Waals surface area contributed by atoms with E-state index in [1.807, 2.05) is 12.1 Å². The molecule has 1 aromatic carbocycles. The molecule has 1 fully saturated rings. The number of nitrogens with zero attached hydrogens (tertiary/aromatic N) is 1. The van der Waals surface area contributed by atoms with Crippen LogP contribution in [0.15, 0.2) is 24.3 Å². The summed E-state index contributed by atoms with van der Waals surface area (Å²) >= 11 is 5.62. The van der Waals surface area contributed by atoms with E-state index in [-0.39, 0.29) is 6.10 Å². The minimum atomic E-state index is 0.0530. The highest BCUT2D eigenvalue weighted by Gasteiger charge is 2.26. The van der Waals surface area contributed by atoms with Gasteiger partial charge in [0.2, 0.25) is 0 Å². The average molecular weight is 263 g/mol. The van der Waals surface area contributed by atoms with Crippen molar-refractivity contribution in [2.45, 2.75) is 32.9 Å². The van der Waals surface area contributed by atoms with Crippen LogP contribution < -0.4 is 0 Å². The van der Waals surface area contributed by atoms with Gasteiger partial charge in [-0.25, -0.2) is 0 Å². The van der Waals surface area contributed by atoms with Gasteiger partial charge >= 0.3 is 0 Å². The summed E-state index contributed by atoms with van der Waals surface area (Å²) in [6.45, 7) is 9.23. The maximum atomic E-state index is 5.85. The third-order valence-corrected chi connectivity index (χ3v) is 4.01. The van der Waals surface area contributed by atoms with Crippen molar-refractivity contribution < 1.29 is 4.74 Å². The van der Waals surface area contributed by atoms with E-state index in [9.17, 15) is 0 Å². The largest absolute Gasteiger partial charge is 0.370 e. The fourth-order valence-electron chi connectivity index (χ4n) is 2.32. The first-order chi connectivity index (χ1) is 8.59. The average Bonchev–Trinajstić information content (AvgIpc) is 2.38. The van der Waals surface area contributed by atoms with Gasteiger partial charge in [-0.15, -0.1) is 0 Å². The van der Waals surface area contributed by atoms with Crippen molar-refractivity contribution in [1.82, 2.24) is 4.90 Å². The Hall–Kier alpha value is -0.770. The number of benzene rings is 1. The van der Waals surface area contributed by atoms with Crippen molar-refractivity contribution in [3.63, 3.8) is 0 Å². The lowest BCUT2D eigenvalue weighted by Gasteiger charge is -2.36. The SMILES string of the molecule is Cc1ccccc1C(=S)C1CN(C(C)C)CCO1. The standard InChI is InChI=1S/C15H21NOS/c1-11(2)16-8-9-17-14(10-16)15(18)13-7-5-4-6-12(13)3/h4-7,11,14H,8-10H2,1-3H3. The van der Waals surface area contributed by atoms with E-state index in [4.69, 9.17) is 17.0 Å². The Balaban J connectivity index is 2.12. The molecule has 3 heteroatoms. The Morgan fingerprint density at radius 2 is 2.11 bits per heavy atom. The molecule has 1 saturated heterocycles. The van der Waals surface area contributed by atoms with Gasteiger partial charge in [0.05, 0.1) is 11.5 Å². The topological polar surface area (TPSA) is 12.5 Å². The molecule has 0 amide bonds. The van der Waals surface area contributed by atoms with E-state index in [0.717, 1.165) is 30.1 Å². The molecule has 0 N–H and O–H groups in total. The van der Waals surface area contributed by atoms with Crippen LogP contribution in [-0.4, -0.2) is 41.6 Å². The van der Waals surface area contributed by atoms with Crippen molar-refractivity contribution >= 4 is 17.1 Å². The Morgan fingerprint density at radius 3 is 2.78 bits per heavy atom. The Kier molecular flexibility index (Phi) is 4.49. The first kappa shape index (κ1) is 13.7. The van der Waals surface area contributed by atoms with Crippen molar-refractivity contribution in [3.8, 4) is 0 Å². The fraction of sp³-hybridized carbons (Fsp3) is 0.533. The van der Waals surface area contributed by atoms with Gasteiger partial charge in [-0.3, -0.25) is 4.90 Å². The number of morpholine rings is 1. The van der Waals surface area contributed by atoms with Gasteiger partial charge in [0.15, 0.2) is 0 Å². The highest BCUT2D eigenvalue weighted by molar-refractivity contribution is 7.81. The molecular formula is C15H21NOS. The summed E-state index contributed by atoms with van der Waals surface area (Å²) in [6.07, 6.45) is 0.0530. The van der Waals surface area contributed by atoms with Crippen LogP contribution in [0, 0.1) is 6.92 Å². The molecule has 1 unspecified atom stereocenters. The molecule has 0 spiro atoms. The molecule has 2 nitrogen and oxygen atoms in total.